The molecule has 4 unspecified atom stereocenters. The molecule has 1 heterocycles. The molecule has 4 atom stereocenters. The fourth-order valence-electron chi connectivity index (χ4n) is 2.70. The van der Waals surface area contributed by atoms with E-state index < -0.39 is 0 Å². The van der Waals surface area contributed by atoms with Crippen molar-refractivity contribution in [1.29, 1.82) is 0 Å². The minimum absolute atomic E-state index is 0.461. The second-order valence-corrected chi connectivity index (χ2v) is 5.12. The van der Waals surface area contributed by atoms with Gasteiger partial charge in [0.1, 0.15) is 0 Å². The lowest BCUT2D eigenvalue weighted by Crippen LogP contribution is -2.22. The molecule has 0 radical (unpaired) electrons. The van der Waals surface area contributed by atoms with Crippen LogP contribution < -0.4 is 0 Å². The van der Waals surface area contributed by atoms with Crippen molar-refractivity contribution in [3.05, 3.63) is 0 Å². The molecule has 0 saturated carbocycles. The summed E-state index contributed by atoms with van der Waals surface area (Å²) >= 11 is 0. The zero-order valence-electron chi connectivity index (χ0n) is 9.70. The third-order valence-corrected chi connectivity index (χ3v) is 4.08. The second kappa shape index (κ2) is 5.88. The Kier molecular flexibility index (Phi) is 5.12. The summed E-state index contributed by atoms with van der Waals surface area (Å²) in [5.41, 5.74) is 0. The Morgan fingerprint density at radius 1 is 1.29 bits per heavy atom. The minimum atomic E-state index is 0.461. The Bertz CT molecular complexity index is 181. The van der Waals surface area contributed by atoms with Crippen molar-refractivity contribution in [2.45, 2.75) is 52.2 Å². The number of rotatable bonds is 5. The lowest BCUT2D eigenvalue weighted by molar-refractivity contribution is 0.0352. The maximum absolute atomic E-state index is 6.04. The van der Waals surface area contributed by atoms with E-state index in [0.29, 0.717) is 12.2 Å². The first kappa shape index (κ1) is 12.2. The van der Waals surface area contributed by atoms with Gasteiger partial charge in [0, 0.05) is 0 Å². The lowest BCUT2D eigenvalue weighted by atomic mass is 9.85. The summed E-state index contributed by atoms with van der Waals surface area (Å²) in [6.45, 7) is 6.76. The van der Waals surface area contributed by atoms with Gasteiger partial charge < -0.3 is 4.74 Å². The molecule has 82 valence electrons. The highest BCUT2D eigenvalue weighted by molar-refractivity contribution is 7.36. The fraction of sp³-hybridized carbons (Fsp3) is 0.917. The Morgan fingerprint density at radius 3 is 2.50 bits per heavy atom. The second-order valence-electron chi connectivity index (χ2n) is 4.31. The maximum Gasteiger partial charge on any atom is 0.0616 e. The molecule has 1 aliphatic rings. The van der Waals surface area contributed by atoms with Crippen LogP contribution in [0.15, 0.2) is 0 Å². The Labute approximate surface area is 90.0 Å². The molecule has 0 amide bonds. The van der Waals surface area contributed by atoms with Crippen LogP contribution >= 0.6 is 8.20 Å². The molecule has 1 rings (SSSR count). The summed E-state index contributed by atoms with van der Waals surface area (Å²) in [7, 11) is 1.28. The molecule has 14 heavy (non-hydrogen) atoms. The highest BCUT2D eigenvalue weighted by Crippen LogP contribution is 2.38. The molecule has 1 nitrogen and oxygen atoms in total. The quantitative estimate of drug-likeness (QED) is 0.635. The molecule has 0 spiro atoms. The molecule has 0 bridgehead atoms. The van der Waals surface area contributed by atoms with Gasteiger partial charge in [-0.05, 0) is 31.3 Å². The Hall–Kier alpha value is 0.130. The zero-order chi connectivity index (χ0) is 10.6. The molecule has 0 aromatic rings. The monoisotopic (exact) mass is 214 g/mol. The SMILES string of the molecule is C=PCC1C(CCC)OC(C)C1CC. The van der Waals surface area contributed by atoms with Gasteiger partial charge in [0.05, 0.1) is 12.2 Å². The first-order valence-corrected chi connectivity index (χ1v) is 7.09. The van der Waals surface area contributed by atoms with Crippen molar-refractivity contribution >= 4 is 14.5 Å². The van der Waals surface area contributed by atoms with Crippen LogP contribution in [0.2, 0.25) is 0 Å². The van der Waals surface area contributed by atoms with Gasteiger partial charge in [0.15, 0.2) is 0 Å². The predicted molar refractivity (Wildman–Crippen MR) is 65.4 cm³/mol. The minimum Gasteiger partial charge on any atom is -0.375 e. The summed E-state index contributed by atoms with van der Waals surface area (Å²) in [6, 6.07) is 0. The van der Waals surface area contributed by atoms with E-state index in [2.05, 4.69) is 27.1 Å². The summed E-state index contributed by atoms with van der Waals surface area (Å²) < 4.78 is 6.04. The predicted octanol–water partition coefficient (Wildman–Crippen LogP) is 3.59. The summed E-state index contributed by atoms with van der Waals surface area (Å²) in [4.78, 5) is 0. The first-order chi connectivity index (χ1) is 6.74. The van der Waals surface area contributed by atoms with Gasteiger partial charge in [-0.2, -0.15) is 0 Å². The van der Waals surface area contributed by atoms with Gasteiger partial charge >= 0.3 is 0 Å². The average molecular weight is 214 g/mol. The van der Waals surface area contributed by atoms with Gasteiger partial charge in [-0.1, -0.05) is 33.0 Å². The molecule has 0 aromatic heterocycles. The van der Waals surface area contributed by atoms with Crippen molar-refractivity contribution < 1.29 is 4.74 Å². The molecule has 1 saturated heterocycles. The van der Waals surface area contributed by atoms with Crippen LogP contribution in [0.25, 0.3) is 0 Å². The van der Waals surface area contributed by atoms with E-state index in [0.717, 1.165) is 11.8 Å². The van der Waals surface area contributed by atoms with E-state index in [1.54, 1.807) is 0 Å². The number of hydrogen-bond acceptors (Lipinski definition) is 1. The number of ether oxygens (including phenoxy) is 1. The van der Waals surface area contributed by atoms with Crippen LogP contribution in [0, 0.1) is 11.8 Å². The lowest BCUT2D eigenvalue weighted by Gasteiger charge is -2.20. The van der Waals surface area contributed by atoms with E-state index in [1.165, 1.54) is 33.6 Å². The molecule has 1 fully saturated rings. The molecule has 0 aliphatic carbocycles. The zero-order valence-corrected chi connectivity index (χ0v) is 10.6. The van der Waals surface area contributed by atoms with Crippen molar-refractivity contribution in [2.75, 3.05) is 6.16 Å². The topological polar surface area (TPSA) is 9.23 Å². The highest BCUT2D eigenvalue weighted by Gasteiger charge is 2.39. The van der Waals surface area contributed by atoms with E-state index in [4.69, 9.17) is 4.74 Å². The smallest absolute Gasteiger partial charge is 0.0616 e. The third kappa shape index (κ3) is 2.58. The Balaban J connectivity index is 2.63. The maximum atomic E-state index is 6.04. The van der Waals surface area contributed by atoms with E-state index in [1.807, 2.05) is 0 Å². The van der Waals surface area contributed by atoms with E-state index in [9.17, 15) is 0 Å². The van der Waals surface area contributed by atoms with Crippen molar-refractivity contribution in [1.82, 2.24) is 0 Å². The van der Waals surface area contributed by atoms with Gasteiger partial charge in [0.25, 0.3) is 0 Å². The van der Waals surface area contributed by atoms with Crippen molar-refractivity contribution in [2.24, 2.45) is 11.8 Å². The van der Waals surface area contributed by atoms with Crippen LogP contribution in [0.5, 0.6) is 0 Å². The van der Waals surface area contributed by atoms with Crippen molar-refractivity contribution in [3.63, 3.8) is 0 Å². The molecule has 1 aliphatic heterocycles. The molecular formula is C12H23OP. The number of hydrogen-bond donors (Lipinski definition) is 0. The summed E-state index contributed by atoms with van der Waals surface area (Å²) in [5.74, 6) is 1.52. The third-order valence-electron chi connectivity index (χ3n) is 3.40. The van der Waals surface area contributed by atoms with Crippen LogP contribution in [-0.2, 0) is 4.74 Å². The molecule has 0 N–H and O–H groups in total. The molecule has 2 heteroatoms. The van der Waals surface area contributed by atoms with Gasteiger partial charge in [-0.25, -0.2) is 0 Å². The standard InChI is InChI=1S/C12H23OP/c1-5-7-12-11(8-14-4)10(6-2)9(3)13-12/h9-12H,4-8H2,1-3H3. The molecular weight excluding hydrogens is 191 g/mol. The van der Waals surface area contributed by atoms with Gasteiger partial charge in [-0.15, -0.1) is 8.20 Å². The average Bonchev–Trinajstić information content (AvgIpc) is 2.44. The van der Waals surface area contributed by atoms with Gasteiger partial charge in [0.2, 0.25) is 0 Å². The summed E-state index contributed by atoms with van der Waals surface area (Å²) in [5, 5.41) is 0. The summed E-state index contributed by atoms with van der Waals surface area (Å²) in [6.07, 6.45) is 9.85. The van der Waals surface area contributed by atoms with Gasteiger partial charge in [-0.3, -0.25) is 0 Å². The molecule has 0 aromatic carbocycles. The van der Waals surface area contributed by atoms with Crippen molar-refractivity contribution in [3.8, 4) is 0 Å². The highest BCUT2D eigenvalue weighted by atomic mass is 31.1. The normalized spacial score (nSPS) is 37.9. The van der Waals surface area contributed by atoms with Crippen LogP contribution in [-0.4, -0.2) is 24.7 Å². The first-order valence-electron chi connectivity index (χ1n) is 5.82. The Morgan fingerprint density at radius 2 is 2.00 bits per heavy atom. The van der Waals surface area contributed by atoms with Crippen LogP contribution in [0.3, 0.4) is 0 Å². The van der Waals surface area contributed by atoms with E-state index >= 15 is 0 Å². The van der Waals surface area contributed by atoms with E-state index in [-0.39, 0.29) is 0 Å². The van der Waals surface area contributed by atoms with Crippen LogP contribution in [0.4, 0.5) is 0 Å². The largest absolute Gasteiger partial charge is 0.375 e. The van der Waals surface area contributed by atoms with Crippen LogP contribution in [0.1, 0.15) is 40.0 Å². The fourth-order valence-corrected chi connectivity index (χ4v) is 3.51.